The molecule has 0 atom stereocenters. The van der Waals surface area contributed by atoms with Crippen LogP contribution in [0.25, 0.3) is 0 Å². The van der Waals surface area contributed by atoms with Gasteiger partial charge in [0.25, 0.3) is 0 Å². The molecule has 0 aliphatic heterocycles. The van der Waals surface area contributed by atoms with E-state index in [0.29, 0.717) is 0 Å². The van der Waals surface area contributed by atoms with Gasteiger partial charge in [-0.1, -0.05) is 18.2 Å². The zero-order valence-corrected chi connectivity index (χ0v) is 9.03. The van der Waals surface area contributed by atoms with Crippen molar-refractivity contribution in [1.29, 1.82) is 0 Å². The van der Waals surface area contributed by atoms with Crippen molar-refractivity contribution in [3.8, 4) is 0 Å². The maximum atomic E-state index is 4.13. The van der Waals surface area contributed by atoms with E-state index in [2.05, 4.69) is 26.2 Å². The summed E-state index contributed by atoms with van der Waals surface area (Å²) in [6, 6.07) is 13.9. The maximum absolute atomic E-state index is 4.13. The fourth-order valence-electron chi connectivity index (χ4n) is 1.14. The Bertz CT molecular complexity index is 397. The molecular weight excluding hydrogens is 240 g/mol. The first-order valence-electron chi connectivity index (χ1n) is 4.28. The lowest BCUT2D eigenvalue weighted by atomic mass is 10.3. The van der Waals surface area contributed by atoms with Gasteiger partial charge in [-0.15, -0.1) is 0 Å². The van der Waals surface area contributed by atoms with Crippen LogP contribution in [0.4, 0.5) is 11.4 Å². The van der Waals surface area contributed by atoms with Gasteiger partial charge in [-0.25, -0.2) is 4.98 Å². The smallest absolute Gasteiger partial charge is 0.106 e. The van der Waals surface area contributed by atoms with E-state index in [0.717, 1.165) is 16.0 Å². The number of benzene rings is 1. The Morgan fingerprint density at radius 3 is 2.36 bits per heavy atom. The number of hydrogen-bond acceptors (Lipinski definition) is 2. The molecule has 3 heteroatoms. The molecule has 0 amide bonds. The van der Waals surface area contributed by atoms with E-state index in [4.69, 9.17) is 0 Å². The fraction of sp³-hybridized carbons (Fsp3) is 0. The van der Waals surface area contributed by atoms with Crippen molar-refractivity contribution in [2.24, 2.45) is 0 Å². The zero-order chi connectivity index (χ0) is 9.80. The first-order chi connectivity index (χ1) is 6.84. The molecule has 0 aliphatic rings. The number of nitrogens with zero attached hydrogens (tertiary/aromatic N) is 1. The molecule has 70 valence electrons. The van der Waals surface area contributed by atoms with E-state index >= 15 is 0 Å². The third kappa shape index (κ3) is 2.33. The molecule has 0 bridgehead atoms. The second-order valence-electron chi connectivity index (χ2n) is 2.86. The van der Waals surface area contributed by atoms with Gasteiger partial charge >= 0.3 is 0 Å². The Hall–Kier alpha value is -1.35. The molecule has 2 rings (SSSR count). The van der Waals surface area contributed by atoms with E-state index in [9.17, 15) is 0 Å². The Labute approximate surface area is 91.1 Å². The van der Waals surface area contributed by atoms with Crippen LogP contribution in [0.15, 0.2) is 53.3 Å². The van der Waals surface area contributed by atoms with Crippen molar-refractivity contribution in [1.82, 2.24) is 4.98 Å². The van der Waals surface area contributed by atoms with Gasteiger partial charge in [0.05, 0.1) is 11.9 Å². The zero-order valence-electron chi connectivity index (χ0n) is 7.44. The number of anilines is 2. The largest absolute Gasteiger partial charge is 0.354 e. The summed E-state index contributed by atoms with van der Waals surface area (Å²) < 4.78 is 0.844. The van der Waals surface area contributed by atoms with Gasteiger partial charge in [0.1, 0.15) is 4.60 Å². The summed E-state index contributed by atoms with van der Waals surface area (Å²) in [6.07, 6.45) is 1.79. The van der Waals surface area contributed by atoms with Gasteiger partial charge < -0.3 is 5.32 Å². The minimum Gasteiger partial charge on any atom is -0.354 e. The van der Waals surface area contributed by atoms with Gasteiger partial charge in [-0.3, -0.25) is 0 Å². The van der Waals surface area contributed by atoms with Gasteiger partial charge in [0, 0.05) is 5.69 Å². The molecule has 1 aromatic carbocycles. The molecule has 2 aromatic rings. The quantitative estimate of drug-likeness (QED) is 0.822. The highest BCUT2D eigenvalue weighted by molar-refractivity contribution is 9.10. The average molecular weight is 249 g/mol. The Balaban J connectivity index is 2.16. The van der Waals surface area contributed by atoms with Gasteiger partial charge in [0.2, 0.25) is 0 Å². The lowest BCUT2D eigenvalue weighted by Gasteiger charge is -2.04. The summed E-state index contributed by atoms with van der Waals surface area (Å²) in [6.45, 7) is 0. The number of para-hydroxylation sites is 1. The van der Waals surface area contributed by atoms with Crippen molar-refractivity contribution in [2.75, 3.05) is 5.32 Å². The minimum atomic E-state index is 0.844. The molecule has 0 saturated carbocycles. The second kappa shape index (κ2) is 4.24. The van der Waals surface area contributed by atoms with Crippen LogP contribution in [0.5, 0.6) is 0 Å². The summed E-state index contributed by atoms with van der Waals surface area (Å²) in [7, 11) is 0. The van der Waals surface area contributed by atoms with Gasteiger partial charge in [-0.05, 0) is 40.2 Å². The molecule has 14 heavy (non-hydrogen) atoms. The topological polar surface area (TPSA) is 24.9 Å². The third-order valence-electron chi connectivity index (χ3n) is 1.79. The van der Waals surface area contributed by atoms with E-state index in [1.54, 1.807) is 6.20 Å². The first kappa shape index (κ1) is 9.21. The number of hydrogen-bond donors (Lipinski definition) is 1. The number of rotatable bonds is 2. The average Bonchev–Trinajstić information content (AvgIpc) is 2.23. The normalized spacial score (nSPS) is 9.79. The Morgan fingerprint density at radius 2 is 1.71 bits per heavy atom. The van der Waals surface area contributed by atoms with Crippen molar-refractivity contribution >= 4 is 27.3 Å². The highest BCUT2D eigenvalue weighted by atomic mass is 79.9. The number of halogens is 1. The predicted octanol–water partition coefficient (Wildman–Crippen LogP) is 3.59. The summed E-state index contributed by atoms with van der Waals surface area (Å²) >= 11 is 3.29. The van der Waals surface area contributed by atoms with Crippen LogP contribution in [-0.4, -0.2) is 4.98 Å². The lowest BCUT2D eigenvalue weighted by Crippen LogP contribution is -1.89. The van der Waals surface area contributed by atoms with E-state index in [1.165, 1.54) is 0 Å². The standard InChI is InChI=1S/C11H9BrN2/c12-11-7-6-10(8-13-11)14-9-4-2-1-3-5-9/h1-8,14H. The van der Waals surface area contributed by atoms with Crippen LogP contribution in [0.1, 0.15) is 0 Å². The van der Waals surface area contributed by atoms with E-state index in [-0.39, 0.29) is 0 Å². The van der Waals surface area contributed by atoms with Crippen LogP contribution >= 0.6 is 15.9 Å². The van der Waals surface area contributed by atoms with Crippen molar-refractivity contribution < 1.29 is 0 Å². The Morgan fingerprint density at radius 1 is 0.929 bits per heavy atom. The summed E-state index contributed by atoms with van der Waals surface area (Å²) in [5, 5.41) is 3.25. The van der Waals surface area contributed by atoms with Crippen LogP contribution in [-0.2, 0) is 0 Å². The molecule has 1 heterocycles. The SMILES string of the molecule is Brc1ccc(Nc2ccccc2)cn1. The molecule has 2 nitrogen and oxygen atoms in total. The first-order valence-corrected chi connectivity index (χ1v) is 5.07. The molecule has 0 saturated heterocycles. The van der Waals surface area contributed by atoms with Crippen LogP contribution in [0, 0.1) is 0 Å². The lowest BCUT2D eigenvalue weighted by molar-refractivity contribution is 1.27. The second-order valence-corrected chi connectivity index (χ2v) is 3.67. The van der Waals surface area contributed by atoms with Gasteiger partial charge in [0.15, 0.2) is 0 Å². The molecule has 1 aromatic heterocycles. The van der Waals surface area contributed by atoms with Crippen molar-refractivity contribution in [3.63, 3.8) is 0 Å². The molecular formula is C11H9BrN2. The van der Waals surface area contributed by atoms with E-state index < -0.39 is 0 Å². The molecule has 1 N–H and O–H groups in total. The molecule has 0 unspecified atom stereocenters. The van der Waals surface area contributed by atoms with Crippen LogP contribution in [0.3, 0.4) is 0 Å². The maximum Gasteiger partial charge on any atom is 0.106 e. The molecule has 0 fully saturated rings. The molecule has 0 aliphatic carbocycles. The monoisotopic (exact) mass is 248 g/mol. The molecule has 0 spiro atoms. The highest BCUT2D eigenvalue weighted by Gasteiger charge is 1.93. The van der Waals surface area contributed by atoms with E-state index in [1.807, 2.05) is 42.5 Å². The summed E-state index contributed by atoms with van der Waals surface area (Å²) in [4.78, 5) is 4.13. The minimum absolute atomic E-state index is 0.844. The number of nitrogens with one attached hydrogen (secondary N) is 1. The van der Waals surface area contributed by atoms with Crippen LogP contribution in [0.2, 0.25) is 0 Å². The van der Waals surface area contributed by atoms with Crippen molar-refractivity contribution in [3.05, 3.63) is 53.3 Å². The van der Waals surface area contributed by atoms with Gasteiger partial charge in [-0.2, -0.15) is 0 Å². The van der Waals surface area contributed by atoms with Crippen LogP contribution < -0.4 is 5.32 Å². The third-order valence-corrected chi connectivity index (χ3v) is 2.26. The molecule has 0 radical (unpaired) electrons. The van der Waals surface area contributed by atoms with Crippen molar-refractivity contribution in [2.45, 2.75) is 0 Å². The summed E-state index contributed by atoms with van der Waals surface area (Å²) in [5.74, 6) is 0. The summed E-state index contributed by atoms with van der Waals surface area (Å²) in [5.41, 5.74) is 2.05. The Kier molecular flexibility index (Phi) is 2.79. The predicted molar refractivity (Wildman–Crippen MR) is 61.7 cm³/mol. The fourth-order valence-corrected chi connectivity index (χ4v) is 1.37. The number of pyridine rings is 1. The highest BCUT2D eigenvalue weighted by Crippen LogP contribution is 2.16. The number of aromatic nitrogens is 1.